The van der Waals surface area contributed by atoms with E-state index in [0.717, 1.165) is 0 Å². The number of hydrogen-bond acceptors (Lipinski definition) is 0. The van der Waals surface area contributed by atoms with E-state index in [1.807, 2.05) is 13.8 Å². The van der Waals surface area contributed by atoms with Crippen molar-refractivity contribution in [2.24, 2.45) is 0 Å². The molecule has 0 amide bonds. The maximum atomic E-state index is 2.28. The minimum absolute atomic E-state index is 0. The summed E-state index contributed by atoms with van der Waals surface area (Å²) >= 11 is 0. The molecule has 0 saturated heterocycles. The zero-order valence-electron chi connectivity index (χ0n) is 9.59. The average Bonchev–Trinajstić information content (AvgIpc) is 2.22. The van der Waals surface area contributed by atoms with Gasteiger partial charge in [-0.15, -0.1) is 0 Å². The van der Waals surface area contributed by atoms with E-state index in [4.69, 9.17) is 0 Å². The molecule has 0 atom stereocenters. The topological polar surface area (TPSA) is 0 Å². The molecule has 0 bridgehead atoms. The van der Waals surface area contributed by atoms with Gasteiger partial charge in [0, 0.05) is 0 Å². The standard InChI is InChI=1S/C11H16.C2H6.2CH4/c1-4-11(2,3)10-8-6-5-7-9-10;1-2;;/h5-9H,4H2,1-3H3;1-2H3;2*1H4. The normalized spacial score (nSPS) is 8.87. The Kier molecular flexibility index (Phi) is 12.8. The number of benzene rings is 1. The monoisotopic (exact) mass is 210 g/mol. The fourth-order valence-corrected chi connectivity index (χ4v) is 1.09. The third-order valence-corrected chi connectivity index (χ3v) is 2.44. The molecule has 0 fully saturated rings. The second-order valence-corrected chi connectivity index (χ2v) is 3.60. The summed E-state index contributed by atoms with van der Waals surface area (Å²) in [6.45, 7) is 10.8. The molecule has 1 rings (SSSR count). The van der Waals surface area contributed by atoms with Gasteiger partial charge in [-0.25, -0.2) is 0 Å². The van der Waals surface area contributed by atoms with Gasteiger partial charge in [0.05, 0.1) is 0 Å². The van der Waals surface area contributed by atoms with Crippen LogP contribution in [-0.4, -0.2) is 0 Å². The molecule has 0 saturated carbocycles. The third kappa shape index (κ3) is 6.33. The van der Waals surface area contributed by atoms with Gasteiger partial charge in [0.25, 0.3) is 0 Å². The summed E-state index contributed by atoms with van der Waals surface area (Å²) < 4.78 is 0. The molecule has 0 N–H and O–H groups in total. The molecule has 0 heterocycles. The Morgan fingerprint density at radius 2 is 1.33 bits per heavy atom. The van der Waals surface area contributed by atoms with Crippen LogP contribution in [0.15, 0.2) is 30.3 Å². The first kappa shape index (κ1) is 19.7. The first-order valence-electron chi connectivity index (χ1n) is 5.22. The SMILES string of the molecule is C.C.CC.CCC(C)(C)c1ccccc1. The van der Waals surface area contributed by atoms with Crippen molar-refractivity contribution in [1.82, 2.24) is 0 Å². The lowest BCUT2D eigenvalue weighted by molar-refractivity contribution is 0.506. The summed E-state index contributed by atoms with van der Waals surface area (Å²) in [5.41, 5.74) is 1.77. The summed E-state index contributed by atoms with van der Waals surface area (Å²) in [7, 11) is 0. The Bertz CT molecular complexity index is 209. The molecule has 0 unspecified atom stereocenters. The Hall–Kier alpha value is -0.780. The van der Waals surface area contributed by atoms with Crippen LogP contribution in [0.2, 0.25) is 0 Å². The molecule has 0 radical (unpaired) electrons. The van der Waals surface area contributed by atoms with E-state index in [1.54, 1.807) is 0 Å². The fourth-order valence-electron chi connectivity index (χ4n) is 1.09. The lowest BCUT2D eigenvalue weighted by Gasteiger charge is -2.22. The number of rotatable bonds is 2. The van der Waals surface area contributed by atoms with Crippen molar-refractivity contribution < 1.29 is 0 Å². The highest BCUT2D eigenvalue weighted by Crippen LogP contribution is 2.25. The van der Waals surface area contributed by atoms with Gasteiger partial charge in [-0.05, 0) is 17.4 Å². The minimum Gasteiger partial charge on any atom is -0.0776 e. The van der Waals surface area contributed by atoms with Gasteiger partial charge in [-0.2, -0.15) is 0 Å². The highest BCUT2D eigenvalue weighted by molar-refractivity contribution is 5.22. The fraction of sp³-hybridized carbons (Fsp3) is 0.600. The van der Waals surface area contributed by atoms with Crippen LogP contribution in [0, 0.1) is 0 Å². The van der Waals surface area contributed by atoms with E-state index in [0.29, 0.717) is 5.41 Å². The Morgan fingerprint density at radius 1 is 0.933 bits per heavy atom. The lowest BCUT2D eigenvalue weighted by Crippen LogP contribution is -2.14. The van der Waals surface area contributed by atoms with Gasteiger partial charge < -0.3 is 0 Å². The maximum absolute atomic E-state index is 2.28. The molecule has 0 nitrogen and oxygen atoms in total. The Morgan fingerprint density at radius 3 is 1.67 bits per heavy atom. The molecule has 0 aliphatic heterocycles. The molecule has 15 heavy (non-hydrogen) atoms. The summed E-state index contributed by atoms with van der Waals surface area (Å²) in [4.78, 5) is 0. The molecule has 0 spiro atoms. The van der Waals surface area contributed by atoms with Gasteiger partial charge in [-0.1, -0.05) is 79.8 Å². The average molecular weight is 210 g/mol. The Balaban J connectivity index is -0.000000339. The van der Waals surface area contributed by atoms with Crippen molar-refractivity contribution in [2.45, 2.75) is 61.3 Å². The van der Waals surface area contributed by atoms with Crippen LogP contribution in [0.3, 0.4) is 0 Å². The van der Waals surface area contributed by atoms with Crippen molar-refractivity contribution in [3.8, 4) is 0 Å². The predicted molar refractivity (Wildman–Crippen MR) is 74.6 cm³/mol. The van der Waals surface area contributed by atoms with Crippen LogP contribution in [0.5, 0.6) is 0 Å². The van der Waals surface area contributed by atoms with E-state index in [-0.39, 0.29) is 14.9 Å². The first-order chi connectivity index (χ1) is 6.17. The van der Waals surface area contributed by atoms with Crippen LogP contribution in [0.1, 0.15) is 61.5 Å². The lowest BCUT2D eigenvalue weighted by atomic mass is 9.82. The van der Waals surface area contributed by atoms with E-state index < -0.39 is 0 Å². The first-order valence-corrected chi connectivity index (χ1v) is 5.22. The van der Waals surface area contributed by atoms with Crippen LogP contribution in [0.25, 0.3) is 0 Å². The maximum Gasteiger partial charge on any atom is -0.0106 e. The zero-order valence-corrected chi connectivity index (χ0v) is 9.59. The van der Waals surface area contributed by atoms with E-state index in [1.165, 1.54) is 12.0 Å². The van der Waals surface area contributed by atoms with Crippen LogP contribution < -0.4 is 0 Å². The van der Waals surface area contributed by atoms with E-state index >= 15 is 0 Å². The van der Waals surface area contributed by atoms with Crippen molar-refractivity contribution >= 4 is 0 Å². The van der Waals surface area contributed by atoms with Crippen LogP contribution >= 0.6 is 0 Å². The van der Waals surface area contributed by atoms with Gasteiger partial charge in [0.1, 0.15) is 0 Å². The molecule has 0 aromatic heterocycles. The smallest absolute Gasteiger partial charge is 0.0106 e. The summed E-state index contributed by atoms with van der Waals surface area (Å²) in [5, 5.41) is 0. The van der Waals surface area contributed by atoms with Gasteiger partial charge >= 0.3 is 0 Å². The summed E-state index contributed by atoms with van der Waals surface area (Å²) in [6, 6.07) is 10.7. The van der Waals surface area contributed by atoms with Crippen molar-refractivity contribution in [3.05, 3.63) is 35.9 Å². The number of hydrogen-bond donors (Lipinski definition) is 0. The highest BCUT2D eigenvalue weighted by Gasteiger charge is 2.16. The molecule has 0 aliphatic rings. The summed E-state index contributed by atoms with van der Waals surface area (Å²) in [5.74, 6) is 0. The van der Waals surface area contributed by atoms with Crippen molar-refractivity contribution in [3.63, 3.8) is 0 Å². The Labute approximate surface area is 97.7 Å². The largest absolute Gasteiger partial charge is 0.0776 e. The second-order valence-electron chi connectivity index (χ2n) is 3.60. The quantitative estimate of drug-likeness (QED) is 0.589. The van der Waals surface area contributed by atoms with Crippen molar-refractivity contribution in [2.75, 3.05) is 0 Å². The minimum atomic E-state index is 0. The predicted octanol–water partition coefficient (Wildman–Crippen LogP) is 5.67. The molecule has 0 heteroatoms. The second kappa shape index (κ2) is 9.76. The van der Waals surface area contributed by atoms with E-state index in [2.05, 4.69) is 51.1 Å². The van der Waals surface area contributed by atoms with Crippen LogP contribution in [-0.2, 0) is 5.41 Å². The molecule has 1 aromatic carbocycles. The van der Waals surface area contributed by atoms with E-state index in [9.17, 15) is 0 Å². The van der Waals surface area contributed by atoms with Gasteiger partial charge in [-0.3, -0.25) is 0 Å². The van der Waals surface area contributed by atoms with Crippen LogP contribution in [0.4, 0.5) is 0 Å². The zero-order chi connectivity index (χ0) is 10.3. The third-order valence-electron chi connectivity index (χ3n) is 2.44. The molecule has 1 aromatic rings. The molecular formula is C15H30. The molecule has 90 valence electrons. The summed E-state index contributed by atoms with van der Waals surface area (Å²) in [6.07, 6.45) is 1.19. The molecular weight excluding hydrogens is 180 g/mol. The van der Waals surface area contributed by atoms with Gasteiger partial charge in [0.2, 0.25) is 0 Å². The highest BCUT2D eigenvalue weighted by atomic mass is 14.2. The molecule has 0 aliphatic carbocycles. The van der Waals surface area contributed by atoms with Gasteiger partial charge in [0.15, 0.2) is 0 Å². The van der Waals surface area contributed by atoms with Crippen molar-refractivity contribution in [1.29, 1.82) is 0 Å².